The zero-order valence-electron chi connectivity index (χ0n) is 14.1. The van der Waals surface area contributed by atoms with Gasteiger partial charge in [0.2, 0.25) is 0 Å². The van der Waals surface area contributed by atoms with Crippen molar-refractivity contribution in [2.24, 2.45) is 0 Å². The van der Waals surface area contributed by atoms with Gasteiger partial charge in [-0.25, -0.2) is 0 Å². The average Bonchev–Trinajstić information content (AvgIpc) is 3.03. The number of hydrogen-bond donors (Lipinski definition) is 0. The molecule has 0 aromatic heterocycles. The van der Waals surface area contributed by atoms with Gasteiger partial charge < -0.3 is 0 Å². The van der Waals surface area contributed by atoms with Gasteiger partial charge in [-0.15, -0.1) is 0 Å². The zero-order valence-corrected chi connectivity index (χ0v) is 15.0. The molecule has 1 aliphatic rings. The molecule has 24 heavy (non-hydrogen) atoms. The quantitative estimate of drug-likeness (QED) is 0.498. The van der Waals surface area contributed by atoms with E-state index >= 15 is 0 Å². The molecule has 3 aromatic rings. The van der Waals surface area contributed by atoms with Gasteiger partial charge in [0.1, 0.15) is 0 Å². The minimum atomic E-state index is -0.302. The highest BCUT2D eigenvalue weighted by molar-refractivity contribution is 7.67. The van der Waals surface area contributed by atoms with Crippen LogP contribution in [0.1, 0.15) is 36.6 Å². The van der Waals surface area contributed by atoms with Gasteiger partial charge in [-0.3, -0.25) is 0 Å². The summed E-state index contributed by atoms with van der Waals surface area (Å²) in [6.45, 7) is 2.49. The average molecular weight is 330 g/mol. The third kappa shape index (κ3) is 2.70. The Hall–Kier alpha value is -1.91. The summed E-state index contributed by atoms with van der Waals surface area (Å²) in [5, 5.41) is 1.78. The standard InChI is InChI=1S/C23H23P/c1-23(20-13-7-3-8-14-20)18-17-22(19-11-5-2-6-12-19)24(23)21-15-9-4-10-16-21/h2-16,22H,17-18H2,1H3/t22-,23+,24?/m0/s1. The van der Waals surface area contributed by atoms with Crippen LogP contribution in [0, 0.1) is 0 Å². The molecule has 3 atom stereocenters. The normalized spacial score (nSPS) is 26.4. The molecule has 1 heteroatoms. The Kier molecular flexibility index (Phi) is 4.25. The third-order valence-electron chi connectivity index (χ3n) is 5.36. The second kappa shape index (κ2) is 6.54. The van der Waals surface area contributed by atoms with Crippen LogP contribution in [0.5, 0.6) is 0 Å². The predicted octanol–water partition coefficient (Wildman–Crippen LogP) is 6.24. The molecule has 1 unspecified atom stereocenters. The topological polar surface area (TPSA) is 0 Å². The SMILES string of the molecule is C[C@]1(c2ccccc2)CC[C@@H](c2ccccc2)P1c1ccccc1. The molecular formula is C23H23P. The van der Waals surface area contributed by atoms with Crippen LogP contribution in [0.2, 0.25) is 0 Å². The van der Waals surface area contributed by atoms with Gasteiger partial charge in [0, 0.05) is 10.8 Å². The predicted molar refractivity (Wildman–Crippen MR) is 105 cm³/mol. The molecule has 3 aromatic carbocycles. The first-order valence-corrected chi connectivity index (χ1v) is 10.1. The van der Waals surface area contributed by atoms with Crippen molar-refractivity contribution in [1.82, 2.24) is 0 Å². The highest BCUT2D eigenvalue weighted by Gasteiger charge is 2.46. The van der Waals surface area contributed by atoms with Gasteiger partial charge in [0.15, 0.2) is 0 Å². The summed E-state index contributed by atoms with van der Waals surface area (Å²) in [5.41, 5.74) is 3.65. The highest BCUT2D eigenvalue weighted by atomic mass is 31.1. The Morgan fingerprint density at radius 3 is 1.92 bits per heavy atom. The molecule has 0 N–H and O–H groups in total. The van der Waals surface area contributed by atoms with Gasteiger partial charge in [-0.1, -0.05) is 106 Å². The zero-order chi connectivity index (χ0) is 16.4. The Morgan fingerprint density at radius 1 is 0.750 bits per heavy atom. The summed E-state index contributed by atoms with van der Waals surface area (Å²) in [6.07, 6.45) is 2.53. The van der Waals surface area contributed by atoms with E-state index < -0.39 is 0 Å². The first-order chi connectivity index (χ1) is 11.8. The number of benzene rings is 3. The van der Waals surface area contributed by atoms with Gasteiger partial charge in [-0.05, 0) is 29.3 Å². The van der Waals surface area contributed by atoms with Crippen LogP contribution in [0.4, 0.5) is 0 Å². The maximum absolute atomic E-state index is 2.49. The van der Waals surface area contributed by atoms with Crippen LogP contribution in [0.3, 0.4) is 0 Å². The lowest BCUT2D eigenvalue weighted by atomic mass is 9.94. The summed E-state index contributed by atoms with van der Waals surface area (Å²) in [5.74, 6) is 0. The fourth-order valence-corrected chi connectivity index (χ4v) is 7.90. The monoisotopic (exact) mass is 330 g/mol. The van der Waals surface area contributed by atoms with E-state index in [-0.39, 0.29) is 13.1 Å². The smallest absolute Gasteiger partial charge is 0.0172 e. The molecule has 0 nitrogen and oxygen atoms in total. The van der Waals surface area contributed by atoms with Crippen molar-refractivity contribution in [3.63, 3.8) is 0 Å². The van der Waals surface area contributed by atoms with Crippen LogP contribution in [-0.2, 0) is 5.16 Å². The molecule has 0 aliphatic carbocycles. The number of hydrogen-bond acceptors (Lipinski definition) is 0. The maximum Gasteiger partial charge on any atom is 0.0172 e. The molecule has 0 amide bonds. The molecule has 0 radical (unpaired) electrons. The van der Waals surface area contributed by atoms with Crippen molar-refractivity contribution in [3.05, 3.63) is 102 Å². The molecular weight excluding hydrogens is 307 g/mol. The lowest BCUT2D eigenvalue weighted by molar-refractivity contribution is 0.624. The Labute approximate surface area is 146 Å². The molecule has 0 spiro atoms. The van der Waals surface area contributed by atoms with Gasteiger partial charge in [-0.2, -0.15) is 0 Å². The van der Waals surface area contributed by atoms with Gasteiger partial charge in [0.05, 0.1) is 0 Å². The summed E-state index contributed by atoms with van der Waals surface area (Å²) in [6, 6.07) is 33.5. The first kappa shape index (κ1) is 15.6. The van der Waals surface area contributed by atoms with Gasteiger partial charge >= 0.3 is 0 Å². The van der Waals surface area contributed by atoms with Crippen LogP contribution >= 0.6 is 7.92 Å². The van der Waals surface area contributed by atoms with Gasteiger partial charge in [0.25, 0.3) is 0 Å². The lowest BCUT2D eigenvalue weighted by Gasteiger charge is -2.36. The van der Waals surface area contributed by atoms with E-state index in [2.05, 4.69) is 97.9 Å². The van der Waals surface area contributed by atoms with E-state index in [1.165, 1.54) is 29.3 Å². The van der Waals surface area contributed by atoms with E-state index in [0.29, 0.717) is 5.66 Å². The second-order valence-electron chi connectivity index (χ2n) is 6.81. The highest BCUT2D eigenvalue weighted by Crippen LogP contribution is 2.72. The Balaban J connectivity index is 1.83. The van der Waals surface area contributed by atoms with Crippen molar-refractivity contribution in [1.29, 1.82) is 0 Å². The minimum Gasteiger partial charge on any atom is -0.0622 e. The van der Waals surface area contributed by atoms with Crippen molar-refractivity contribution in [2.75, 3.05) is 0 Å². The maximum atomic E-state index is 2.49. The van der Waals surface area contributed by atoms with Crippen molar-refractivity contribution >= 4 is 13.2 Å². The van der Waals surface area contributed by atoms with Crippen molar-refractivity contribution < 1.29 is 0 Å². The molecule has 1 aliphatic heterocycles. The van der Waals surface area contributed by atoms with E-state index in [9.17, 15) is 0 Å². The minimum absolute atomic E-state index is 0.248. The summed E-state index contributed by atoms with van der Waals surface area (Å²) in [4.78, 5) is 0. The molecule has 120 valence electrons. The van der Waals surface area contributed by atoms with E-state index in [0.717, 1.165) is 0 Å². The third-order valence-corrected chi connectivity index (χ3v) is 8.94. The largest absolute Gasteiger partial charge is 0.0622 e. The molecule has 1 saturated heterocycles. The first-order valence-electron chi connectivity index (χ1n) is 8.74. The molecule has 0 saturated carbocycles. The second-order valence-corrected chi connectivity index (χ2v) is 9.68. The molecule has 1 heterocycles. The summed E-state index contributed by atoms with van der Waals surface area (Å²) >= 11 is 0. The fourth-order valence-electron chi connectivity index (χ4n) is 4.14. The van der Waals surface area contributed by atoms with Crippen LogP contribution in [0.25, 0.3) is 0 Å². The Bertz CT molecular complexity index is 782. The number of rotatable bonds is 3. The van der Waals surface area contributed by atoms with Crippen molar-refractivity contribution in [3.8, 4) is 0 Å². The van der Waals surface area contributed by atoms with Crippen LogP contribution in [0.15, 0.2) is 91.0 Å². The summed E-state index contributed by atoms with van der Waals surface area (Å²) < 4.78 is 0. The molecule has 4 rings (SSSR count). The van der Waals surface area contributed by atoms with Crippen molar-refractivity contribution in [2.45, 2.75) is 30.6 Å². The van der Waals surface area contributed by atoms with E-state index in [1.807, 2.05) is 0 Å². The fraction of sp³-hybridized carbons (Fsp3) is 0.217. The summed E-state index contributed by atoms with van der Waals surface area (Å²) in [7, 11) is -0.302. The van der Waals surface area contributed by atoms with Crippen LogP contribution in [-0.4, -0.2) is 0 Å². The molecule has 1 fully saturated rings. The van der Waals surface area contributed by atoms with Crippen LogP contribution < -0.4 is 5.30 Å². The lowest BCUT2D eigenvalue weighted by Crippen LogP contribution is -2.21. The Morgan fingerprint density at radius 2 is 1.29 bits per heavy atom. The van der Waals surface area contributed by atoms with E-state index in [4.69, 9.17) is 0 Å². The molecule has 0 bridgehead atoms. The van der Waals surface area contributed by atoms with E-state index in [1.54, 1.807) is 0 Å².